The van der Waals surface area contributed by atoms with Crippen molar-refractivity contribution < 1.29 is 4.42 Å². The average Bonchev–Trinajstić information content (AvgIpc) is 3.95. The van der Waals surface area contributed by atoms with Gasteiger partial charge in [-0.3, -0.25) is 13.6 Å². The van der Waals surface area contributed by atoms with Crippen LogP contribution in [0.25, 0.3) is 88.2 Å². The highest BCUT2D eigenvalue weighted by molar-refractivity contribution is 6.13. The molecule has 0 radical (unpaired) electrons. The Labute approximate surface area is 349 Å². The van der Waals surface area contributed by atoms with Crippen LogP contribution in [0.5, 0.6) is 0 Å². The van der Waals surface area contributed by atoms with E-state index in [1.165, 1.54) is 22.3 Å². The lowest BCUT2D eigenvalue weighted by atomic mass is 9.82. The number of aromatic nitrogens is 3. The maximum absolute atomic E-state index is 14.3. The van der Waals surface area contributed by atoms with Gasteiger partial charge in [-0.2, -0.15) is 0 Å². The Morgan fingerprint density at radius 3 is 2.16 bits per heavy atom. The van der Waals surface area contributed by atoms with Gasteiger partial charge in [-0.05, 0) is 118 Å². The number of pyridine rings is 1. The zero-order chi connectivity index (χ0) is 40.6. The van der Waals surface area contributed by atoms with Crippen LogP contribution in [0, 0.1) is 0 Å². The number of hydrogen-bond acceptors (Lipinski definition) is 4. The van der Waals surface area contributed by atoms with Crippen LogP contribution in [0.2, 0.25) is 0 Å². The van der Waals surface area contributed by atoms with Crippen molar-refractivity contribution in [3.8, 4) is 22.3 Å². The summed E-state index contributed by atoms with van der Waals surface area (Å²) in [5.74, 6) is 0. The second-order valence-corrected chi connectivity index (χ2v) is 16.8. The summed E-state index contributed by atoms with van der Waals surface area (Å²) in [4.78, 5) is 21.8. The fraction of sp³-hybridized carbons (Fsp3) is 0.0545. The summed E-state index contributed by atoms with van der Waals surface area (Å²) in [6, 6.07) is 63.6. The molecule has 4 heterocycles. The van der Waals surface area contributed by atoms with E-state index in [1.807, 2.05) is 59.0 Å². The molecule has 8 aromatic carbocycles. The summed E-state index contributed by atoms with van der Waals surface area (Å²) in [5.41, 5.74) is 16.3. The molecule has 0 N–H and O–H groups in total. The molecule has 0 spiro atoms. The van der Waals surface area contributed by atoms with Gasteiger partial charge in [0.25, 0.3) is 5.56 Å². The van der Waals surface area contributed by atoms with E-state index in [4.69, 9.17) is 9.40 Å². The van der Waals surface area contributed by atoms with Crippen LogP contribution in [-0.4, -0.2) is 13.8 Å². The van der Waals surface area contributed by atoms with E-state index in [2.05, 4.69) is 151 Å². The Bertz CT molecular complexity index is 3890. The summed E-state index contributed by atoms with van der Waals surface area (Å²) in [6.07, 6.45) is 0. The molecule has 4 aromatic heterocycles. The number of hydrogen-bond donors (Lipinski definition) is 0. The molecule has 0 amide bonds. The molecule has 0 aliphatic heterocycles. The smallest absolute Gasteiger partial charge is 0.264 e. The van der Waals surface area contributed by atoms with Gasteiger partial charge in [0, 0.05) is 32.9 Å². The van der Waals surface area contributed by atoms with Crippen molar-refractivity contribution in [3.05, 3.63) is 203 Å². The van der Waals surface area contributed by atoms with E-state index in [0.29, 0.717) is 5.39 Å². The third-order valence-corrected chi connectivity index (χ3v) is 13.1. The van der Waals surface area contributed by atoms with Gasteiger partial charge in [0.1, 0.15) is 22.5 Å². The SMILES string of the molecule is CC1(C)c2ccccc2-c2ccc(N(c3ccc(-c4ccc5c(c4)c4nc6ccccc6n4c4cc6ccccc6c(=O)n54)cc3)c3cccc4oc5ccccc5c34)cc21. The van der Waals surface area contributed by atoms with Crippen molar-refractivity contribution in [3.63, 3.8) is 0 Å². The number of fused-ring (bicyclic) bond motifs is 15. The van der Waals surface area contributed by atoms with Gasteiger partial charge in [0.05, 0.1) is 27.6 Å². The number of nitrogens with zero attached hydrogens (tertiary/aromatic N) is 4. The Kier molecular flexibility index (Phi) is 6.84. The molecule has 6 nitrogen and oxygen atoms in total. The molecule has 0 saturated carbocycles. The van der Waals surface area contributed by atoms with E-state index in [0.717, 1.165) is 88.7 Å². The molecule has 12 aromatic rings. The standard InChI is InChI=1S/C55H36N4O2/c1-55(2)43-16-7-5-14-39(43)40-28-27-37(32-44(40)55)57(48-19-11-21-50-52(48)41-15-6-10-20-49(41)61-50)36-25-22-33(23-26-36)34-24-29-46-42(30-34)53-56-45-17-8-9-18-47(45)58(53)51-31-35-12-3-4-13-38(35)54(60)59(46)51/h3-32H,1-2H3. The van der Waals surface area contributed by atoms with Crippen molar-refractivity contribution in [1.82, 2.24) is 13.8 Å². The predicted molar refractivity (Wildman–Crippen MR) is 250 cm³/mol. The van der Waals surface area contributed by atoms with Gasteiger partial charge < -0.3 is 9.32 Å². The summed E-state index contributed by atoms with van der Waals surface area (Å²) in [7, 11) is 0. The lowest BCUT2D eigenvalue weighted by Gasteiger charge is -2.28. The Balaban J connectivity index is 1.00. The first-order chi connectivity index (χ1) is 29.9. The quantitative estimate of drug-likeness (QED) is 0.132. The molecular weight excluding hydrogens is 749 g/mol. The van der Waals surface area contributed by atoms with Crippen molar-refractivity contribution >= 4 is 83.0 Å². The van der Waals surface area contributed by atoms with Gasteiger partial charge in [0.2, 0.25) is 0 Å². The molecule has 0 fully saturated rings. The largest absolute Gasteiger partial charge is 0.456 e. The average molecular weight is 785 g/mol. The van der Waals surface area contributed by atoms with Crippen LogP contribution in [-0.2, 0) is 5.41 Å². The van der Waals surface area contributed by atoms with Crippen LogP contribution >= 0.6 is 0 Å². The third-order valence-electron chi connectivity index (χ3n) is 13.1. The number of furan rings is 1. The molecule has 0 bridgehead atoms. The van der Waals surface area contributed by atoms with Crippen LogP contribution in [0.1, 0.15) is 25.0 Å². The number of imidazole rings is 1. The lowest BCUT2D eigenvalue weighted by Crippen LogP contribution is -2.17. The first-order valence-electron chi connectivity index (χ1n) is 20.8. The minimum Gasteiger partial charge on any atom is -0.456 e. The molecular formula is C55H36N4O2. The van der Waals surface area contributed by atoms with Crippen molar-refractivity contribution in [2.75, 3.05) is 4.90 Å². The van der Waals surface area contributed by atoms with Gasteiger partial charge in [-0.15, -0.1) is 0 Å². The number of para-hydroxylation sites is 3. The van der Waals surface area contributed by atoms with Crippen LogP contribution in [0.15, 0.2) is 191 Å². The second-order valence-electron chi connectivity index (χ2n) is 16.8. The Morgan fingerprint density at radius 2 is 1.26 bits per heavy atom. The molecule has 61 heavy (non-hydrogen) atoms. The zero-order valence-corrected chi connectivity index (χ0v) is 33.4. The summed E-state index contributed by atoms with van der Waals surface area (Å²) >= 11 is 0. The van der Waals surface area contributed by atoms with E-state index in [9.17, 15) is 4.79 Å². The van der Waals surface area contributed by atoms with Gasteiger partial charge in [0.15, 0.2) is 0 Å². The maximum Gasteiger partial charge on any atom is 0.264 e. The molecule has 6 heteroatoms. The fourth-order valence-corrected chi connectivity index (χ4v) is 10.2. The molecule has 1 aliphatic rings. The van der Waals surface area contributed by atoms with E-state index < -0.39 is 0 Å². The van der Waals surface area contributed by atoms with Crippen molar-refractivity contribution in [2.24, 2.45) is 0 Å². The van der Waals surface area contributed by atoms with Crippen LogP contribution in [0.4, 0.5) is 17.1 Å². The van der Waals surface area contributed by atoms with Gasteiger partial charge in [-0.25, -0.2) is 4.98 Å². The normalized spacial score (nSPS) is 13.3. The molecule has 0 unspecified atom stereocenters. The first kappa shape index (κ1) is 34.0. The van der Waals surface area contributed by atoms with E-state index >= 15 is 0 Å². The number of anilines is 3. The highest BCUT2D eigenvalue weighted by Gasteiger charge is 2.36. The van der Waals surface area contributed by atoms with E-state index in [1.54, 1.807) is 0 Å². The lowest BCUT2D eigenvalue weighted by molar-refractivity contribution is 0.660. The van der Waals surface area contributed by atoms with Gasteiger partial charge >= 0.3 is 0 Å². The van der Waals surface area contributed by atoms with Crippen LogP contribution in [0.3, 0.4) is 0 Å². The monoisotopic (exact) mass is 784 g/mol. The minimum atomic E-state index is -0.155. The predicted octanol–water partition coefficient (Wildman–Crippen LogP) is 13.7. The maximum atomic E-state index is 14.3. The zero-order valence-electron chi connectivity index (χ0n) is 33.4. The number of benzene rings is 8. The Hall–Kier alpha value is -7.96. The van der Waals surface area contributed by atoms with Crippen molar-refractivity contribution in [2.45, 2.75) is 19.3 Å². The highest BCUT2D eigenvalue weighted by Crippen LogP contribution is 2.51. The molecule has 1 aliphatic carbocycles. The highest BCUT2D eigenvalue weighted by atomic mass is 16.3. The molecule has 13 rings (SSSR count). The molecule has 0 saturated heterocycles. The Morgan fingerprint density at radius 1 is 0.541 bits per heavy atom. The molecule has 0 atom stereocenters. The van der Waals surface area contributed by atoms with E-state index in [-0.39, 0.29) is 11.0 Å². The topological polar surface area (TPSA) is 55.2 Å². The van der Waals surface area contributed by atoms with Crippen LogP contribution < -0.4 is 10.5 Å². The molecule has 288 valence electrons. The van der Waals surface area contributed by atoms with Gasteiger partial charge in [-0.1, -0.05) is 117 Å². The third kappa shape index (κ3) is 4.73. The first-order valence-corrected chi connectivity index (χ1v) is 20.8. The summed E-state index contributed by atoms with van der Waals surface area (Å²) in [6.45, 7) is 4.66. The summed E-state index contributed by atoms with van der Waals surface area (Å²) < 4.78 is 10.4. The van der Waals surface area contributed by atoms with Crippen molar-refractivity contribution in [1.29, 1.82) is 0 Å². The number of rotatable bonds is 4. The summed E-state index contributed by atoms with van der Waals surface area (Å²) in [5, 5.41) is 4.65. The minimum absolute atomic E-state index is 0.0470. The second kappa shape index (κ2) is 12.3. The fourth-order valence-electron chi connectivity index (χ4n) is 10.2.